The van der Waals surface area contributed by atoms with Crippen molar-refractivity contribution in [3.05, 3.63) is 60.5 Å². The Balaban J connectivity index is 1.43. The zero-order valence-corrected chi connectivity index (χ0v) is 14.3. The number of ether oxygens (including phenoxy) is 2. The summed E-state index contributed by atoms with van der Waals surface area (Å²) in [5.41, 5.74) is 0.810. The molecule has 1 aromatic heterocycles. The number of benzene rings is 2. The molecule has 1 N–H and O–H groups in total. The molecule has 134 valence electrons. The highest BCUT2D eigenvalue weighted by Gasteiger charge is 2.09. The molecule has 0 spiro atoms. The molecule has 0 saturated heterocycles. The van der Waals surface area contributed by atoms with Crippen LogP contribution in [-0.2, 0) is 11.2 Å². The molecule has 26 heavy (non-hydrogen) atoms. The van der Waals surface area contributed by atoms with E-state index >= 15 is 0 Å². The monoisotopic (exact) mass is 353 g/mol. The highest BCUT2D eigenvalue weighted by atomic mass is 16.5. The molecule has 0 unspecified atom stereocenters. The molecule has 0 aliphatic heterocycles. The fourth-order valence-electron chi connectivity index (χ4n) is 2.23. The van der Waals surface area contributed by atoms with Crippen LogP contribution in [0.4, 0.5) is 0 Å². The van der Waals surface area contributed by atoms with Crippen molar-refractivity contribution in [3.8, 4) is 23.0 Å². The van der Waals surface area contributed by atoms with Gasteiger partial charge in [0.05, 0.1) is 7.11 Å². The van der Waals surface area contributed by atoms with Gasteiger partial charge in [0.2, 0.25) is 11.8 Å². The zero-order chi connectivity index (χ0) is 18.2. The molecule has 0 fully saturated rings. The molecule has 0 aliphatic carbocycles. The number of carbonyl (C=O) groups excluding carboxylic acids is 1. The van der Waals surface area contributed by atoms with Crippen LogP contribution in [0.2, 0.25) is 0 Å². The second-order valence-corrected chi connectivity index (χ2v) is 5.43. The number of hydrogen-bond acceptors (Lipinski definition) is 6. The lowest BCUT2D eigenvalue weighted by Gasteiger charge is -2.06. The highest BCUT2D eigenvalue weighted by Crippen LogP contribution is 2.21. The molecule has 1 amide bonds. The number of rotatable bonds is 8. The van der Waals surface area contributed by atoms with Gasteiger partial charge in [-0.25, -0.2) is 0 Å². The van der Waals surface area contributed by atoms with E-state index in [1.54, 1.807) is 19.2 Å². The number of para-hydroxylation sites is 1. The van der Waals surface area contributed by atoms with Gasteiger partial charge in [-0.2, -0.15) is 0 Å². The van der Waals surface area contributed by atoms with Crippen LogP contribution in [-0.4, -0.2) is 36.4 Å². The number of carbonyl (C=O) groups is 1. The summed E-state index contributed by atoms with van der Waals surface area (Å²) in [4.78, 5) is 11.8. The van der Waals surface area contributed by atoms with Gasteiger partial charge < -0.3 is 19.2 Å². The van der Waals surface area contributed by atoms with Gasteiger partial charge >= 0.3 is 0 Å². The van der Waals surface area contributed by atoms with Gasteiger partial charge in [-0.3, -0.25) is 4.79 Å². The van der Waals surface area contributed by atoms with Crippen LogP contribution in [0, 0.1) is 0 Å². The number of amides is 1. The maximum absolute atomic E-state index is 11.8. The van der Waals surface area contributed by atoms with Crippen LogP contribution >= 0.6 is 0 Å². The van der Waals surface area contributed by atoms with Crippen LogP contribution in [0.1, 0.15) is 5.89 Å². The standard InChI is InChI=1S/C19H19N3O4/c1-24-15-9-7-14(8-10-15)19-22-21-18(26-19)11-12-20-17(23)13-25-16-5-3-2-4-6-16/h2-10H,11-13H2,1H3,(H,20,23). The molecule has 0 radical (unpaired) electrons. The molecule has 2 aromatic carbocycles. The number of hydrogen-bond donors (Lipinski definition) is 1. The van der Waals surface area contributed by atoms with Gasteiger partial charge in [0.25, 0.3) is 5.91 Å². The summed E-state index contributed by atoms with van der Waals surface area (Å²) in [7, 11) is 1.61. The smallest absolute Gasteiger partial charge is 0.257 e. The van der Waals surface area contributed by atoms with E-state index in [4.69, 9.17) is 13.9 Å². The predicted molar refractivity (Wildman–Crippen MR) is 94.9 cm³/mol. The third kappa shape index (κ3) is 4.83. The Hall–Kier alpha value is -3.35. The van der Waals surface area contributed by atoms with Crippen LogP contribution in [0.3, 0.4) is 0 Å². The molecule has 0 saturated carbocycles. The number of aromatic nitrogens is 2. The molecule has 0 bridgehead atoms. The number of nitrogens with one attached hydrogen (secondary N) is 1. The Labute approximate surface area is 151 Å². The maximum Gasteiger partial charge on any atom is 0.257 e. The van der Waals surface area contributed by atoms with Gasteiger partial charge in [-0.1, -0.05) is 18.2 Å². The van der Waals surface area contributed by atoms with Crippen molar-refractivity contribution in [2.45, 2.75) is 6.42 Å². The lowest BCUT2D eigenvalue weighted by molar-refractivity contribution is -0.123. The topological polar surface area (TPSA) is 86.5 Å². The largest absolute Gasteiger partial charge is 0.497 e. The Kier molecular flexibility index (Phi) is 5.82. The first-order chi connectivity index (χ1) is 12.7. The third-order valence-corrected chi connectivity index (χ3v) is 3.58. The second kappa shape index (κ2) is 8.66. The van der Waals surface area contributed by atoms with E-state index < -0.39 is 0 Å². The van der Waals surface area contributed by atoms with Gasteiger partial charge in [-0.15, -0.1) is 10.2 Å². The second-order valence-electron chi connectivity index (χ2n) is 5.43. The summed E-state index contributed by atoms with van der Waals surface area (Å²) in [6, 6.07) is 16.5. The number of nitrogens with zero attached hydrogens (tertiary/aromatic N) is 2. The molecule has 7 nitrogen and oxygen atoms in total. The van der Waals surface area contributed by atoms with Gasteiger partial charge in [0.1, 0.15) is 11.5 Å². The minimum Gasteiger partial charge on any atom is -0.497 e. The molecule has 0 aliphatic rings. The molecule has 3 aromatic rings. The lowest BCUT2D eigenvalue weighted by Crippen LogP contribution is -2.30. The SMILES string of the molecule is COc1ccc(-c2nnc(CCNC(=O)COc3ccccc3)o2)cc1. The summed E-state index contributed by atoms with van der Waals surface area (Å²) in [6.07, 6.45) is 0.445. The molecule has 7 heteroatoms. The summed E-state index contributed by atoms with van der Waals surface area (Å²) >= 11 is 0. The van der Waals surface area contributed by atoms with E-state index in [-0.39, 0.29) is 12.5 Å². The zero-order valence-electron chi connectivity index (χ0n) is 14.3. The quantitative estimate of drug-likeness (QED) is 0.669. The Bertz CT molecular complexity index is 832. The Morgan fingerprint density at radius 3 is 2.54 bits per heavy atom. The fraction of sp³-hybridized carbons (Fsp3) is 0.211. The molecule has 0 atom stereocenters. The van der Waals surface area contributed by atoms with E-state index in [9.17, 15) is 4.79 Å². The average molecular weight is 353 g/mol. The van der Waals surface area contributed by atoms with Crippen molar-refractivity contribution in [2.75, 3.05) is 20.3 Å². The van der Waals surface area contributed by atoms with Crippen molar-refractivity contribution in [1.82, 2.24) is 15.5 Å². The van der Waals surface area contributed by atoms with Crippen molar-refractivity contribution >= 4 is 5.91 Å². The van der Waals surface area contributed by atoms with Crippen molar-refractivity contribution in [3.63, 3.8) is 0 Å². The van der Waals surface area contributed by atoms with Crippen LogP contribution in [0.5, 0.6) is 11.5 Å². The molecule has 1 heterocycles. The highest BCUT2D eigenvalue weighted by molar-refractivity contribution is 5.77. The molecular weight excluding hydrogens is 334 g/mol. The summed E-state index contributed by atoms with van der Waals surface area (Å²) < 4.78 is 16.1. The lowest BCUT2D eigenvalue weighted by atomic mass is 10.2. The van der Waals surface area contributed by atoms with E-state index in [0.29, 0.717) is 30.5 Å². The van der Waals surface area contributed by atoms with E-state index in [0.717, 1.165) is 11.3 Å². The van der Waals surface area contributed by atoms with Crippen molar-refractivity contribution < 1.29 is 18.7 Å². The van der Waals surface area contributed by atoms with E-state index in [2.05, 4.69) is 15.5 Å². The third-order valence-electron chi connectivity index (χ3n) is 3.58. The Morgan fingerprint density at radius 2 is 1.81 bits per heavy atom. The predicted octanol–water partition coefficient (Wildman–Crippen LogP) is 2.48. The van der Waals surface area contributed by atoms with Crippen molar-refractivity contribution in [2.24, 2.45) is 0 Å². The minimum absolute atomic E-state index is 0.0368. The summed E-state index contributed by atoms with van der Waals surface area (Å²) in [6.45, 7) is 0.353. The molecular formula is C19H19N3O4. The summed E-state index contributed by atoms with van der Waals surface area (Å²) in [5.74, 6) is 2.10. The van der Waals surface area contributed by atoms with Crippen molar-refractivity contribution in [1.29, 1.82) is 0 Å². The Morgan fingerprint density at radius 1 is 1.04 bits per heavy atom. The number of methoxy groups -OCH3 is 1. The van der Waals surface area contributed by atoms with Gasteiger partial charge in [0.15, 0.2) is 6.61 Å². The normalized spacial score (nSPS) is 10.3. The minimum atomic E-state index is -0.205. The first kappa shape index (κ1) is 17.5. The average Bonchev–Trinajstić information content (AvgIpc) is 3.16. The first-order valence-electron chi connectivity index (χ1n) is 8.16. The first-order valence-corrected chi connectivity index (χ1v) is 8.16. The van der Waals surface area contributed by atoms with Gasteiger partial charge in [-0.05, 0) is 36.4 Å². The van der Waals surface area contributed by atoms with Crippen LogP contribution in [0.15, 0.2) is 59.0 Å². The van der Waals surface area contributed by atoms with E-state index in [1.807, 2.05) is 42.5 Å². The van der Waals surface area contributed by atoms with E-state index in [1.165, 1.54) is 0 Å². The maximum atomic E-state index is 11.8. The van der Waals surface area contributed by atoms with Gasteiger partial charge in [0, 0.05) is 18.5 Å². The van der Waals surface area contributed by atoms with Crippen LogP contribution < -0.4 is 14.8 Å². The molecule has 3 rings (SSSR count). The fourth-order valence-corrected chi connectivity index (χ4v) is 2.23. The summed E-state index contributed by atoms with van der Waals surface area (Å²) in [5, 5.41) is 10.8. The van der Waals surface area contributed by atoms with Crippen LogP contribution in [0.25, 0.3) is 11.5 Å².